The summed E-state index contributed by atoms with van der Waals surface area (Å²) >= 11 is 1.03. The van der Waals surface area contributed by atoms with Gasteiger partial charge in [0, 0.05) is 23.7 Å². The molecule has 0 aromatic carbocycles. The van der Waals surface area contributed by atoms with E-state index in [1.54, 1.807) is 12.4 Å². The number of pyridine rings is 2. The molecule has 5 atom stereocenters. The molecule has 2 aromatic heterocycles. The fraction of sp³-hybridized carbons (Fsp3) is 0.500. The lowest BCUT2D eigenvalue weighted by Gasteiger charge is -2.39. The number of rotatable bonds is 4. The zero-order chi connectivity index (χ0) is 22.0. The van der Waals surface area contributed by atoms with Crippen molar-refractivity contribution in [3.63, 3.8) is 0 Å². The van der Waals surface area contributed by atoms with Gasteiger partial charge in [0.05, 0.1) is 12.2 Å². The molecule has 4 N–H and O–H groups in total. The van der Waals surface area contributed by atoms with Crippen molar-refractivity contribution in [2.24, 2.45) is 0 Å². The van der Waals surface area contributed by atoms with E-state index in [0.29, 0.717) is 10.6 Å². The fourth-order valence-corrected chi connectivity index (χ4v) is 5.34. The predicted molar refractivity (Wildman–Crippen MR) is 113 cm³/mol. The molecule has 1 aliphatic carbocycles. The monoisotopic (exact) mass is 443 g/mol. The molecule has 31 heavy (non-hydrogen) atoms. The Balaban J connectivity index is 1.80. The van der Waals surface area contributed by atoms with Gasteiger partial charge in [-0.05, 0) is 48.9 Å². The third-order valence-electron chi connectivity index (χ3n) is 5.85. The molecular formula is C22H25N3O5S. The SMILES string of the molecule is N#Cc1c(S[C@@H]2O[C@H](CO)[C@@H](O)[C@H](O)[C@H]2O)nc2c(c1-c1ccncc1)CCCCC2. The van der Waals surface area contributed by atoms with Gasteiger partial charge in [0.25, 0.3) is 0 Å². The van der Waals surface area contributed by atoms with Gasteiger partial charge in [-0.15, -0.1) is 0 Å². The van der Waals surface area contributed by atoms with Crippen molar-refractivity contribution in [2.75, 3.05) is 6.61 Å². The summed E-state index contributed by atoms with van der Waals surface area (Å²) in [5.41, 5.74) is 3.08. The largest absolute Gasteiger partial charge is 0.394 e. The van der Waals surface area contributed by atoms with Crippen molar-refractivity contribution in [3.8, 4) is 17.2 Å². The first-order valence-electron chi connectivity index (χ1n) is 10.4. The van der Waals surface area contributed by atoms with Gasteiger partial charge in [-0.25, -0.2) is 4.98 Å². The van der Waals surface area contributed by atoms with Crippen LogP contribution in [0.3, 0.4) is 0 Å². The second kappa shape index (κ2) is 9.61. The maximum Gasteiger partial charge on any atom is 0.138 e. The van der Waals surface area contributed by atoms with Gasteiger partial charge in [0.1, 0.15) is 40.9 Å². The zero-order valence-corrected chi connectivity index (χ0v) is 17.7. The number of thioether (sulfide) groups is 1. The Kier molecular flexibility index (Phi) is 6.86. The molecular weight excluding hydrogens is 418 g/mol. The van der Waals surface area contributed by atoms with Crippen LogP contribution in [0.5, 0.6) is 0 Å². The first-order chi connectivity index (χ1) is 15.0. The molecule has 9 heteroatoms. The van der Waals surface area contributed by atoms with Crippen molar-refractivity contribution in [1.29, 1.82) is 5.26 Å². The van der Waals surface area contributed by atoms with Crippen LogP contribution in [0.15, 0.2) is 29.6 Å². The summed E-state index contributed by atoms with van der Waals surface area (Å²) in [7, 11) is 0. The molecule has 0 bridgehead atoms. The van der Waals surface area contributed by atoms with Crippen LogP contribution in [0.25, 0.3) is 11.1 Å². The highest BCUT2D eigenvalue weighted by atomic mass is 32.2. The quantitative estimate of drug-likeness (QED) is 0.513. The Morgan fingerprint density at radius 1 is 1.06 bits per heavy atom. The van der Waals surface area contributed by atoms with E-state index in [1.165, 1.54) is 0 Å². The van der Waals surface area contributed by atoms with Gasteiger partial charge >= 0.3 is 0 Å². The highest BCUT2D eigenvalue weighted by Gasteiger charge is 2.44. The van der Waals surface area contributed by atoms with Crippen molar-refractivity contribution >= 4 is 11.8 Å². The summed E-state index contributed by atoms with van der Waals surface area (Å²) < 4.78 is 5.64. The van der Waals surface area contributed by atoms with E-state index in [1.807, 2.05) is 12.1 Å². The van der Waals surface area contributed by atoms with Crippen molar-refractivity contribution in [2.45, 2.75) is 67.0 Å². The number of nitrogens with zero attached hydrogens (tertiary/aromatic N) is 3. The Morgan fingerprint density at radius 3 is 2.52 bits per heavy atom. The number of aryl methyl sites for hydroxylation is 1. The van der Waals surface area contributed by atoms with Gasteiger partial charge < -0.3 is 25.2 Å². The third-order valence-corrected chi connectivity index (χ3v) is 6.99. The molecule has 3 heterocycles. The second-order valence-electron chi connectivity index (χ2n) is 7.82. The molecule has 0 radical (unpaired) electrons. The lowest BCUT2D eigenvalue weighted by atomic mass is 9.93. The molecule has 1 fully saturated rings. The lowest BCUT2D eigenvalue weighted by molar-refractivity contribution is -0.205. The molecule has 164 valence electrons. The van der Waals surface area contributed by atoms with E-state index in [2.05, 4.69) is 11.1 Å². The van der Waals surface area contributed by atoms with E-state index < -0.39 is 36.5 Å². The molecule has 0 saturated carbocycles. The maximum absolute atomic E-state index is 10.5. The Hall–Kier alpha value is -2.06. The molecule has 2 aromatic rings. The normalized spacial score (nSPS) is 28.4. The average molecular weight is 444 g/mol. The van der Waals surface area contributed by atoms with E-state index in [-0.39, 0.29) is 0 Å². The number of fused-ring (bicyclic) bond motifs is 1. The van der Waals surface area contributed by atoms with Crippen molar-refractivity contribution < 1.29 is 25.2 Å². The Bertz CT molecular complexity index is 966. The fourth-order valence-electron chi connectivity index (χ4n) is 4.20. The number of hydrogen-bond acceptors (Lipinski definition) is 9. The number of nitriles is 1. The average Bonchev–Trinajstić information content (AvgIpc) is 3.04. The highest BCUT2D eigenvalue weighted by molar-refractivity contribution is 7.99. The first-order valence-corrected chi connectivity index (χ1v) is 11.3. The number of hydrogen-bond donors (Lipinski definition) is 4. The van der Waals surface area contributed by atoms with Gasteiger partial charge in [0.2, 0.25) is 0 Å². The van der Waals surface area contributed by atoms with Crippen LogP contribution in [-0.2, 0) is 17.6 Å². The molecule has 8 nitrogen and oxygen atoms in total. The molecule has 0 amide bonds. The van der Waals surface area contributed by atoms with Crippen LogP contribution < -0.4 is 0 Å². The Morgan fingerprint density at radius 2 is 1.81 bits per heavy atom. The number of aliphatic hydroxyl groups is 4. The summed E-state index contributed by atoms with van der Waals surface area (Å²) in [5.74, 6) is 0. The predicted octanol–water partition coefficient (Wildman–Crippen LogP) is 1.18. The summed E-state index contributed by atoms with van der Waals surface area (Å²) in [6, 6.07) is 6.01. The topological polar surface area (TPSA) is 140 Å². The van der Waals surface area contributed by atoms with Crippen LogP contribution >= 0.6 is 11.8 Å². The molecule has 2 aliphatic rings. The van der Waals surface area contributed by atoms with E-state index in [0.717, 1.165) is 66.3 Å². The van der Waals surface area contributed by atoms with E-state index >= 15 is 0 Å². The minimum absolute atomic E-state index is 0.383. The summed E-state index contributed by atoms with van der Waals surface area (Å²) in [4.78, 5) is 8.86. The lowest BCUT2D eigenvalue weighted by Crippen LogP contribution is -2.57. The zero-order valence-electron chi connectivity index (χ0n) is 16.9. The molecule has 4 rings (SSSR count). The molecule has 1 saturated heterocycles. The van der Waals surface area contributed by atoms with Crippen LogP contribution in [0, 0.1) is 11.3 Å². The van der Waals surface area contributed by atoms with Crippen LogP contribution in [0.2, 0.25) is 0 Å². The second-order valence-corrected chi connectivity index (χ2v) is 8.90. The summed E-state index contributed by atoms with van der Waals surface area (Å²) in [6.07, 6.45) is 2.79. The minimum atomic E-state index is -1.48. The number of aromatic nitrogens is 2. The molecule has 0 unspecified atom stereocenters. The smallest absolute Gasteiger partial charge is 0.138 e. The highest BCUT2D eigenvalue weighted by Crippen LogP contribution is 2.40. The number of ether oxygens (including phenoxy) is 1. The van der Waals surface area contributed by atoms with E-state index in [9.17, 15) is 25.7 Å². The minimum Gasteiger partial charge on any atom is -0.394 e. The van der Waals surface area contributed by atoms with E-state index in [4.69, 9.17) is 9.72 Å². The van der Waals surface area contributed by atoms with Crippen LogP contribution in [-0.4, -0.2) is 66.9 Å². The van der Waals surface area contributed by atoms with Gasteiger partial charge in [-0.2, -0.15) is 5.26 Å². The number of aliphatic hydroxyl groups excluding tert-OH is 4. The van der Waals surface area contributed by atoms with Gasteiger partial charge in [-0.3, -0.25) is 4.98 Å². The van der Waals surface area contributed by atoms with Crippen LogP contribution in [0.1, 0.15) is 36.1 Å². The third kappa shape index (κ3) is 4.32. The van der Waals surface area contributed by atoms with Crippen molar-refractivity contribution in [1.82, 2.24) is 9.97 Å². The van der Waals surface area contributed by atoms with Gasteiger partial charge in [-0.1, -0.05) is 18.2 Å². The summed E-state index contributed by atoms with van der Waals surface area (Å²) in [5, 5.41) is 50.6. The maximum atomic E-state index is 10.5. The standard InChI is InChI=1S/C22H25N3O5S/c23-10-14-17(12-6-8-24-9-7-12)13-4-2-1-3-5-15(13)25-21(14)31-22-20(29)19(28)18(27)16(11-26)30-22/h6-9,16,18-20,22,26-29H,1-5,11H2/t16-,18-,19+,20-,22+/m1/s1. The van der Waals surface area contributed by atoms with Crippen LogP contribution in [0.4, 0.5) is 0 Å². The summed E-state index contributed by atoms with van der Waals surface area (Å²) in [6.45, 7) is -0.507. The first kappa shape index (κ1) is 22.1. The molecule has 1 aliphatic heterocycles. The Labute approximate surface area is 184 Å². The van der Waals surface area contributed by atoms with Crippen molar-refractivity contribution in [3.05, 3.63) is 41.3 Å². The molecule has 0 spiro atoms. The van der Waals surface area contributed by atoms with Gasteiger partial charge in [0.15, 0.2) is 0 Å².